The number of imide groups is 1. The number of pyridine rings is 1. The van der Waals surface area contributed by atoms with Crippen molar-refractivity contribution in [1.29, 1.82) is 0 Å². The van der Waals surface area contributed by atoms with E-state index < -0.39 is 0 Å². The fraction of sp³-hybridized carbons (Fsp3) is 0.375. The average molecular weight is 434 g/mol. The van der Waals surface area contributed by atoms with Gasteiger partial charge in [-0.15, -0.1) is 0 Å². The number of hydrogen-bond acceptors (Lipinski definition) is 5. The number of likely N-dealkylation sites (tertiary alicyclic amines) is 1. The summed E-state index contributed by atoms with van der Waals surface area (Å²) in [4.78, 5) is 56.5. The Morgan fingerprint density at radius 2 is 1.69 bits per heavy atom. The molecular formula is C24H26N4O4. The zero-order valence-electron chi connectivity index (χ0n) is 17.8. The molecule has 0 radical (unpaired) electrons. The summed E-state index contributed by atoms with van der Waals surface area (Å²) in [7, 11) is 0. The Morgan fingerprint density at radius 1 is 1.00 bits per heavy atom. The van der Waals surface area contributed by atoms with Crippen LogP contribution >= 0.6 is 0 Å². The number of rotatable bonds is 7. The highest BCUT2D eigenvalue weighted by Crippen LogP contribution is 2.23. The summed E-state index contributed by atoms with van der Waals surface area (Å²) in [5.41, 5.74) is 1.40. The molecule has 0 bridgehead atoms. The molecule has 1 N–H and O–H groups in total. The third kappa shape index (κ3) is 4.69. The third-order valence-corrected chi connectivity index (χ3v) is 6.09. The Balaban J connectivity index is 1.17. The van der Waals surface area contributed by atoms with Crippen LogP contribution < -0.4 is 5.32 Å². The van der Waals surface area contributed by atoms with Gasteiger partial charge in [-0.2, -0.15) is 0 Å². The Bertz CT molecular complexity index is 981. The van der Waals surface area contributed by atoms with Crippen molar-refractivity contribution in [2.75, 3.05) is 26.2 Å². The maximum atomic E-state index is 12.6. The lowest BCUT2D eigenvalue weighted by Crippen LogP contribution is -2.41. The van der Waals surface area contributed by atoms with Crippen molar-refractivity contribution in [2.45, 2.75) is 25.7 Å². The monoisotopic (exact) mass is 434 g/mol. The SMILES string of the molecule is O=C(NCC1CCN(C(=O)CCCN2C(=O)c3ccccc3C2=O)CC1)c1cccnc1. The lowest BCUT2D eigenvalue weighted by atomic mass is 9.96. The van der Waals surface area contributed by atoms with Crippen molar-refractivity contribution in [3.05, 3.63) is 65.5 Å². The average Bonchev–Trinajstić information content (AvgIpc) is 3.08. The van der Waals surface area contributed by atoms with Crippen molar-refractivity contribution in [1.82, 2.24) is 20.1 Å². The predicted octanol–water partition coefficient (Wildman–Crippen LogP) is 2.13. The van der Waals surface area contributed by atoms with Crippen LogP contribution in [0.4, 0.5) is 0 Å². The number of benzene rings is 1. The molecule has 1 aromatic heterocycles. The molecule has 0 unspecified atom stereocenters. The highest BCUT2D eigenvalue weighted by Gasteiger charge is 2.34. The summed E-state index contributed by atoms with van der Waals surface area (Å²) in [6.45, 7) is 2.13. The number of aromatic nitrogens is 1. The fourth-order valence-corrected chi connectivity index (χ4v) is 4.21. The minimum absolute atomic E-state index is 0.0412. The first-order chi connectivity index (χ1) is 15.5. The molecule has 32 heavy (non-hydrogen) atoms. The van der Waals surface area contributed by atoms with Crippen LogP contribution in [0.5, 0.6) is 0 Å². The van der Waals surface area contributed by atoms with Gasteiger partial charge in [0.15, 0.2) is 0 Å². The zero-order valence-corrected chi connectivity index (χ0v) is 17.8. The number of nitrogens with one attached hydrogen (secondary N) is 1. The molecule has 8 heteroatoms. The van der Waals surface area contributed by atoms with Crippen LogP contribution in [0.2, 0.25) is 0 Å². The van der Waals surface area contributed by atoms with E-state index in [0.29, 0.717) is 55.1 Å². The molecule has 3 heterocycles. The van der Waals surface area contributed by atoms with Gasteiger partial charge in [-0.1, -0.05) is 12.1 Å². The van der Waals surface area contributed by atoms with Gasteiger partial charge in [0.05, 0.1) is 16.7 Å². The van der Waals surface area contributed by atoms with Crippen LogP contribution in [0.25, 0.3) is 0 Å². The van der Waals surface area contributed by atoms with Gasteiger partial charge in [0.2, 0.25) is 5.91 Å². The number of hydrogen-bond donors (Lipinski definition) is 1. The number of nitrogens with zero attached hydrogens (tertiary/aromatic N) is 3. The van der Waals surface area contributed by atoms with Crippen LogP contribution in [0, 0.1) is 5.92 Å². The van der Waals surface area contributed by atoms with Gasteiger partial charge < -0.3 is 10.2 Å². The van der Waals surface area contributed by atoms with Crippen LogP contribution in [0.1, 0.15) is 56.8 Å². The molecule has 2 aromatic rings. The second-order valence-electron chi connectivity index (χ2n) is 8.19. The zero-order chi connectivity index (χ0) is 22.5. The van der Waals surface area contributed by atoms with Crippen LogP contribution in [0.3, 0.4) is 0 Å². The first-order valence-electron chi connectivity index (χ1n) is 11.0. The number of amides is 4. The van der Waals surface area contributed by atoms with Gasteiger partial charge in [0.1, 0.15) is 0 Å². The normalized spacial score (nSPS) is 16.2. The van der Waals surface area contributed by atoms with Crippen LogP contribution in [0.15, 0.2) is 48.8 Å². The number of piperidine rings is 1. The molecule has 2 aliphatic heterocycles. The van der Waals surface area contributed by atoms with Gasteiger partial charge in [-0.25, -0.2) is 0 Å². The first kappa shape index (κ1) is 21.7. The molecule has 1 fully saturated rings. The van der Waals surface area contributed by atoms with Crippen molar-refractivity contribution in [3.8, 4) is 0 Å². The molecule has 0 spiro atoms. The van der Waals surface area contributed by atoms with Gasteiger partial charge in [-0.05, 0) is 49.4 Å². The van der Waals surface area contributed by atoms with Crippen LogP contribution in [-0.2, 0) is 4.79 Å². The van der Waals surface area contributed by atoms with Gasteiger partial charge >= 0.3 is 0 Å². The smallest absolute Gasteiger partial charge is 0.261 e. The molecule has 0 saturated carbocycles. The molecule has 8 nitrogen and oxygen atoms in total. The fourth-order valence-electron chi connectivity index (χ4n) is 4.21. The standard InChI is InChI=1S/C24H26N4O4/c29-21(8-4-12-28-23(31)19-6-1-2-7-20(19)24(28)32)27-13-9-17(10-14-27)15-26-22(30)18-5-3-11-25-16-18/h1-3,5-7,11,16-17H,4,8-10,12-15H2,(H,26,30). The van der Waals surface area contributed by atoms with E-state index in [1.165, 1.54) is 4.90 Å². The van der Waals surface area contributed by atoms with Crippen LogP contribution in [-0.4, -0.2) is 64.6 Å². The second kappa shape index (κ2) is 9.72. The quantitative estimate of drug-likeness (QED) is 0.673. The van der Waals surface area contributed by atoms with E-state index in [2.05, 4.69) is 10.3 Å². The number of carbonyl (C=O) groups excluding carboxylic acids is 4. The highest BCUT2D eigenvalue weighted by atomic mass is 16.2. The molecule has 1 saturated heterocycles. The van der Waals surface area contributed by atoms with Gasteiger partial charge in [-0.3, -0.25) is 29.1 Å². The molecule has 2 aliphatic rings. The second-order valence-corrected chi connectivity index (χ2v) is 8.19. The third-order valence-electron chi connectivity index (χ3n) is 6.09. The number of fused-ring (bicyclic) bond motifs is 1. The van der Waals surface area contributed by atoms with Gasteiger partial charge in [0, 0.05) is 45.0 Å². The summed E-state index contributed by atoms with van der Waals surface area (Å²) in [6, 6.07) is 10.3. The molecule has 1 aromatic carbocycles. The van der Waals surface area contributed by atoms with Crippen molar-refractivity contribution >= 4 is 23.6 Å². The van der Waals surface area contributed by atoms with Crippen molar-refractivity contribution in [2.24, 2.45) is 5.92 Å². The van der Waals surface area contributed by atoms with E-state index in [1.54, 1.807) is 48.8 Å². The van der Waals surface area contributed by atoms with E-state index in [1.807, 2.05) is 4.90 Å². The molecule has 4 rings (SSSR count). The topological polar surface area (TPSA) is 99.7 Å². The summed E-state index contributed by atoms with van der Waals surface area (Å²) < 4.78 is 0. The minimum Gasteiger partial charge on any atom is -0.352 e. The Hall–Kier alpha value is -3.55. The molecule has 0 aliphatic carbocycles. The Labute approximate surface area is 186 Å². The summed E-state index contributed by atoms with van der Waals surface area (Å²) in [5, 5.41) is 2.94. The summed E-state index contributed by atoms with van der Waals surface area (Å²) in [5.74, 6) is -0.332. The number of carbonyl (C=O) groups is 4. The minimum atomic E-state index is -0.285. The predicted molar refractivity (Wildman–Crippen MR) is 117 cm³/mol. The molecule has 0 atom stereocenters. The van der Waals surface area contributed by atoms with E-state index in [0.717, 1.165) is 12.8 Å². The Kier molecular flexibility index (Phi) is 6.58. The molecule has 166 valence electrons. The lowest BCUT2D eigenvalue weighted by Gasteiger charge is -2.32. The van der Waals surface area contributed by atoms with E-state index in [4.69, 9.17) is 0 Å². The highest BCUT2D eigenvalue weighted by molar-refractivity contribution is 6.21. The van der Waals surface area contributed by atoms with E-state index >= 15 is 0 Å². The maximum Gasteiger partial charge on any atom is 0.261 e. The Morgan fingerprint density at radius 3 is 2.31 bits per heavy atom. The lowest BCUT2D eigenvalue weighted by molar-refractivity contribution is -0.132. The van der Waals surface area contributed by atoms with Crippen molar-refractivity contribution in [3.63, 3.8) is 0 Å². The van der Waals surface area contributed by atoms with E-state index in [9.17, 15) is 19.2 Å². The molecule has 4 amide bonds. The first-order valence-corrected chi connectivity index (χ1v) is 11.0. The summed E-state index contributed by atoms with van der Waals surface area (Å²) in [6.07, 6.45) is 5.58. The van der Waals surface area contributed by atoms with Gasteiger partial charge in [0.25, 0.3) is 17.7 Å². The van der Waals surface area contributed by atoms with Crippen molar-refractivity contribution < 1.29 is 19.2 Å². The van der Waals surface area contributed by atoms with E-state index in [-0.39, 0.29) is 30.2 Å². The summed E-state index contributed by atoms with van der Waals surface area (Å²) >= 11 is 0. The largest absolute Gasteiger partial charge is 0.352 e. The maximum absolute atomic E-state index is 12.6. The molecular weight excluding hydrogens is 408 g/mol.